The number of hydrogen-bond acceptors (Lipinski definition) is 2. The van der Waals surface area contributed by atoms with E-state index in [0.29, 0.717) is 15.9 Å². The quantitative estimate of drug-likeness (QED) is 0.156. The summed E-state index contributed by atoms with van der Waals surface area (Å²) in [5.74, 6) is 0. The fraction of sp³-hybridized carbons (Fsp3) is 0.0714. The Kier molecular flexibility index (Phi) is 8.53. The molecule has 0 saturated heterocycles. The van der Waals surface area contributed by atoms with Gasteiger partial charge in [-0.15, -0.1) is 0 Å². The lowest BCUT2D eigenvalue weighted by molar-refractivity contribution is 0.661. The van der Waals surface area contributed by atoms with Crippen LogP contribution in [0.5, 0.6) is 0 Å². The third-order valence-corrected chi connectivity index (χ3v) is 13.5. The molecule has 0 spiro atoms. The van der Waals surface area contributed by atoms with Crippen LogP contribution in [0.25, 0.3) is 66.8 Å². The Hall–Kier alpha value is -6.58. The minimum Gasteiger partial charge on any atom is -0.224 e. The van der Waals surface area contributed by atoms with Crippen molar-refractivity contribution in [2.45, 2.75) is 24.7 Å². The van der Waals surface area contributed by atoms with Crippen LogP contribution in [0.1, 0.15) is 47.2 Å². The molecule has 4 heteroatoms. The molecule has 0 fully saturated rings. The number of halogens is 2. The molecule has 0 unspecified atom stereocenters. The summed E-state index contributed by atoms with van der Waals surface area (Å²) in [5, 5.41) is 0.685. The van der Waals surface area contributed by atoms with Gasteiger partial charge in [0.15, 0.2) is 0 Å². The molecule has 60 heavy (non-hydrogen) atoms. The molecule has 2 aliphatic rings. The topological polar surface area (TPSA) is 25.8 Å². The van der Waals surface area contributed by atoms with Crippen molar-refractivity contribution in [3.05, 3.63) is 238 Å². The van der Waals surface area contributed by atoms with Gasteiger partial charge in [-0.3, -0.25) is 0 Å². The van der Waals surface area contributed by atoms with E-state index in [-0.39, 0.29) is 5.41 Å². The predicted octanol–water partition coefficient (Wildman–Crippen LogP) is 15.1. The molecule has 0 bridgehead atoms. The van der Waals surface area contributed by atoms with Gasteiger partial charge in [-0.2, -0.15) is 0 Å². The molecule has 286 valence electrons. The summed E-state index contributed by atoms with van der Waals surface area (Å²) in [4.78, 5) is 8.24. The summed E-state index contributed by atoms with van der Waals surface area (Å²) in [6, 6.07) is 69.2. The maximum absolute atomic E-state index is 6.38. The minimum atomic E-state index is -0.424. The van der Waals surface area contributed by atoms with Crippen LogP contribution >= 0.6 is 23.2 Å². The Bertz CT molecular complexity index is 3060. The highest BCUT2D eigenvalue weighted by atomic mass is 35.5. The van der Waals surface area contributed by atoms with Crippen molar-refractivity contribution >= 4 is 23.2 Å². The van der Waals surface area contributed by atoms with Crippen LogP contribution in [0, 0.1) is 0 Å². The number of aromatic nitrogens is 2. The van der Waals surface area contributed by atoms with Crippen molar-refractivity contribution in [1.29, 1.82) is 0 Å². The van der Waals surface area contributed by atoms with Crippen LogP contribution in [0.2, 0.25) is 10.3 Å². The van der Waals surface area contributed by atoms with Gasteiger partial charge in [0, 0.05) is 5.41 Å². The first-order valence-electron chi connectivity index (χ1n) is 20.3. The van der Waals surface area contributed by atoms with E-state index in [2.05, 4.69) is 200 Å². The zero-order valence-electron chi connectivity index (χ0n) is 33.1. The number of rotatable bonds is 6. The average Bonchev–Trinajstić information content (AvgIpc) is 3.72. The van der Waals surface area contributed by atoms with Crippen molar-refractivity contribution < 1.29 is 0 Å². The summed E-state index contributed by atoms with van der Waals surface area (Å²) in [6.07, 6.45) is 1.38. The van der Waals surface area contributed by atoms with E-state index < -0.39 is 5.41 Å². The monoisotopic (exact) mass is 808 g/mol. The van der Waals surface area contributed by atoms with Gasteiger partial charge in [-0.25, -0.2) is 9.97 Å². The molecular formula is C56H38Cl2N2. The molecule has 0 N–H and O–H groups in total. The minimum absolute atomic E-state index is 0.176. The Morgan fingerprint density at radius 3 is 1.20 bits per heavy atom. The average molecular weight is 810 g/mol. The predicted molar refractivity (Wildman–Crippen MR) is 249 cm³/mol. The molecule has 2 aliphatic carbocycles. The second kappa shape index (κ2) is 14.0. The molecule has 1 aromatic heterocycles. The van der Waals surface area contributed by atoms with Crippen molar-refractivity contribution in [3.63, 3.8) is 0 Å². The van der Waals surface area contributed by atoms with Crippen LogP contribution in [0.4, 0.5) is 0 Å². The van der Waals surface area contributed by atoms with Crippen LogP contribution in [0.15, 0.2) is 194 Å². The maximum Gasteiger partial charge on any atom is 0.141 e. The fourth-order valence-corrected chi connectivity index (χ4v) is 10.5. The highest BCUT2D eigenvalue weighted by Crippen LogP contribution is 2.57. The van der Waals surface area contributed by atoms with E-state index in [9.17, 15) is 0 Å². The van der Waals surface area contributed by atoms with E-state index in [1.165, 1.54) is 89.8 Å². The first kappa shape index (κ1) is 36.5. The van der Waals surface area contributed by atoms with Crippen LogP contribution in [-0.4, -0.2) is 9.97 Å². The lowest BCUT2D eigenvalue weighted by Gasteiger charge is -2.34. The molecule has 0 atom stereocenters. The molecule has 11 rings (SSSR count). The molecular weight excluding hydrogens is 772 g/mol. The third-order valence-electron chi connectivity index (χ3n) is 12.9. The van der Waals surface area contributed by atoms with Gasteiger partial charge in [0.1, 0.15) is 16.6 Å². The largest absolute Gasteiger partial charge is 0.224 e. The summed E-state index contributed by atoms with van der Waals surface area (Å²) < 4.78 is 0. The van der Waals surface area contributed by atoms with Crippen molar-refractivity contribution in [2.75, 3.05) is 0 Å². The molecule has 2 nitrogen and oxygen atoms in total. The van der Waals surface area contributed by atoms with E-state index in [1.807, 2.05) is 12.1 Å². The van der Waals surface area contributed by atoms with Gasteiger partial charge in [-0.1, -0.05) is 207 Å². The van der Waals surface area contributed by atoms with Crippen LogP contribution in [0.3, 0.4) is 0 Å². The normalized spacial score (nSPS) is 13.9. The van der Waals surface area contributed by atoms with Gasteiger partial charge in [0.2, 0.25) is 0 Å². The number of fused-ring (bicyclic) bond motifs is 6. The van der Waals surface area contributed by atoms with Gasteiger partial charge in [0.05, 0.1) is 11.0 Å². The molecule has 0 radical (unpaired) electrons. The molecule has 0 amide bonds. The Balaban J connectivity index is 0.918. The van der Waals surface area contributed by atoms with E-state index in [1.54, 1.807) is 0 Å². The summed E-state index contributed by atoms with van der Waals surface area (Å²) >= 11 is 12.8. The number of nitrogens with zero attached hydrogens (tertiary/aromatic N) is 2. The zero-order valence-corrected chi connectivity index (χ0v) is 34.6. The maximum atomic E-state index is 6.38. The third kappa shape index (κ3) is 5.55. The van der Waals surface area contributed by atoms with Crippen LogP contribution in [-0.2, 0) is 10.8 Å². The highest BCUT2D eigenvalue weighted by molar-refractivity contribution is 6.37. The number of hydrogen-bond donors (Lipinski definition) is 0. The zero-order chi connectivity index (χ0) is 40.6. The summed E-state index contributed by atoms with van der Waals surface area (Å²) in [7, 11) is 0. The van der Waals surface area contributed by atoms with E-state index in [4.69, 9.17) is 23.2 Å². The second-order valence-corrected chi connectivity index (χ2v) is 17.1. The SMILES string of the molecule is CC1(C)c2cc(-c3ccc(-c4ccc5c(c4)C(c4ccccc4)(c4ccccc4)c4ccccc4-5)cc3)ccc2-c2ccc(-c3ccc(-c4c(Cl)ncnc4Cl)cc3)cc21. The second-order valence-electron chi connectivity index (χ2n) is 16.4. The lowest BCUT2D eigenvalue weighted by atomic mass is 9.67. The number of benzene rings is 8. The van der Waals surface area contributed by atoms with Crippen molar-refractivity contribution in [1.82, 2.24) is 9.97 Å². The van der Waals surface area contributed by atoms with Gasteiger partial charge in [-0.05, 0) is 113 Å². The molecule has 0 saturated carbocycles. The molecule has 0 aliphatic heterocycles. The van der Waals surface area contributed by atoms with Gasteiger partial charge >= 0.3 is 0 Å². The van der Waals surface area contributed by atoms with Gasteiger partial charge < -0.3 is 0 Å². The van der Waals surface area contributed by atoms with Crippen molar-refractivity contribution in [3.8, 4) is 66.8 Å². The first-order chi connectivity index (χ1) is 29.3. The van der Waals surface area contributed by atoms with Crippen LogP contribution < -0.4 is 0 Å². The highest BCUT2D eigenvalue weighted by Gasteiger charge is 2.46. The lowest BCUT2D eigenvalue weighted by Crippen LogP contribution is -2.28. The first-order valence-corrected chi connectivity index (χ1v) is 21.1. The van der Waals surface area contributed by atoms with Crippen molar-refractivity contribution in [2.24, 2.45) is 0 Å². The van der Waals surface area contributed by atoms with Gasteiger partial charge in [0.25, 0.3) is 0 Å². The van der Waals surface area contributed by atoms with E-state index in [0.717, 1.165) is 11.1 Å². The molecule has 8 aromatic carbocycles. The Morgan fingerprint density at radius 2 is 0.717 bits per heavy atom. The smallest absolute Gasteiger partial charge is 0.141 e. The molecule has 1 heterocycles. The fourth-order valence-electron chi connectivity index (χ4n) is 9.99. The van der Waals surface area contributed by atoms with E-state index >= 15 is 0 Å². The Labute approximate surface area is 360 Å². The summed E-state index contributed by atoms with van der Waals surface area (Å²) in [5.41, 5.74) is 21.1. The Morgan fingerprint density at radius 1 is 0.350 bits per heavy atom. The summed E-state index contributed by atoms with van der Waals surface area (Å²) in [6.45, 7) is 4.68. The standard InChI is InChI=1S/C56H38Cl2N2/c1-55(2)49-31-39(25-28-45(49)46-29-26-40(32-50(46)55)37-21-23-38(24-22-37)52-53(57)59-34-60-54(52)58)35-17-19-36(20-18-35)41-27-30-47-44-15-9-10-16-48(44)56(51(47)33-41,42-11-5-3-6-12-42)43-13-7-4-8-14-43/h3-34H,1-2H3. The molecule has 9 aromatic rings.